The number of thioether (sulfide) groups is 1. The number of amides is 1. The Kier molecular flexibility index (Phi) is 6.11. The van der Waals surface area contributed by atoms with Gasteiger partial charge < -0.3 is 9.84 Å². The fourth-order valence-electron chi connectivity index (χ4n) is 2.98. The summed E-state index contributed by atoms with van der Waals surface area (Å²) in [7, 11) is -2.42. The van der Waals surface area contributed by atoms with E-state index < -0.39 is 22.0 Å². The number of hydrogen-bond acceptors (Lipinski definition) is 7. The van der Waals surface area contributed by atoms with Crippen LogP contribution in [0.5, 0.6) is 5.75 Å². The van der Waals surface area contributed by atoms with Crippen LogP contribution in [0.15, 0.2) is 33.4 Å². The highest BCUT2D eigenvalue weighted by molar-refractivity contribution is 8.00. The number of sulfonamides is 1. The Labute approximate surface area is 166 Å². The Balaban J connectivity index is 1.78. The zero-order valence-corrected chi connectivity index (χ0v) is 17.3. The third kappa shape index (κ3) is 4.14. The molecule has 27 heavy (non-hydrogen) atoms. The summed E-state index contributed by atoms with van der Waals surface area (Å²) < 4.78 is 30.6. The van der Waals surface area contributed by atoms with Gasteiger partial charge in [-0.05, 0) is 55.3 Å². The van der Waals surface area contributed by atoms with Crippen molar-refractivity contribution in [2.24, 2.45) is 0 Å². The van der Waals surface area contributed by atoms with Crippen LogP contribution in [-0.2, 0) is 16.4 Å². The summed E-state index contributed by atoms with van der Waals surface area (Å²) in [4.78, 5) is 15.2. The maximum atomic E-state index is 12.6. The maximum Gasteiger partial charge on any atom is 0.276 e. The second-order valence-electron chi connectivity index (χ2n) is 5.96. The van der Waals surface area contributed by atoms with E-state index in [2.05, 4.69) is 10.3 Å². The van der Waals surface area contributed by atoms with Crippen molar-refractivity contribution in [2.75, 3.05) is 13.4 Å². The molecular weight excluding hydrogens is 408 g/mol. The van der Waals surface area contributed by atoms with Crippen LogP contribution < -0.4 is 15.0 Å². The van der Waals surface area contributed by atoms with E-state index in [1.54, 1.807) is 0 Å². The normalized spacial score (nSPS) is 16.6. The molecule has 3 rings (SSSR count). The van der Waals surface area contributed by atoms with Crippen LogP contribution in [0.25, 0.3) is 0 Å². The van der Waals surface area contributed by atoms with Crippen molar-refractivity contribution in [1.82, 2.24) is 10.3 Å². The first-order valence-corrected chi connectivity index (χ1v) is 11.7. The number of carbonyl (C=O) groups is 1. The maximum absolute atomic E-state index is 12.6. The molecule has 0 spiro atoms. The van der Waals surface area contributed by atoms with Gasteiger partial charge in [-0.15, -0.1) is 27.9 Å². The first-order valence-electron chi connectivity index (χ1n) is 8.21. The van der Waals surface area contributed by atoms with Crippen LogP contribution in [0, 0.1) is 0 Å². The molecule has 0 saturated carbocycles. The lowest BCUT2D eigenvalue weighted by molar-refractivity contribution is 0.0947. The van der Waals surface area contributed by atoms with E-state index in [4.69, 9.17) is 4.74 Å². The molecule has 3 N–H and O–H groups in total. The van der Waals surface area contributed by atoms with Crippen molar-refractivity contribution in [1.29, 1.82) is 0 Å². The van der Waals surface area contributed by atoms with Gasteiger partial charge in [0.25, 0.3) is 15.9 Å². The number of methoxy groups -OCH3 is 1. The number of benzene rings is 1. The molecule has 0 fully saturated rings. The topological polar surface area (TPSA) is 105 Å². The number of carbonyl (C=O) groups excluding carboxylic acids is 1. The van der Waals surface area contributed by atoms with Gasteiger partial charge in [-0.3, -0.25) is 10.2 Å². The fourth-order valence-corrected chi connectivity index (χ4v) is 5.91. The van der Waals surface area contributed by atoms with Crippen LogP contribution in [0.2, 0.25) is 0 Å². The molecule has 7 nitrogen and oxygen atoms in total. The monoisotopic (exact) mass is 428 g/mol. The molecule has 1 atom stereocenters. The zero-order chi connectivity index (χ0) is 19.6. The number of hydrogen-bond donors (Lipinski definition) is 3. The smallest absolute Gasteiger partial charge is 0.276 e. The number of rotatable bonds is 6. The molecule has 1 heterocycles. The van der Waals surface area contributed by atoms with Crippen molar-refractivity contribution in [3.05, 3.63) is 40.3 Å². The lowest BCUT2D eigenvalue weighted by atomic mass is 9.91. The Morgan fingerprint density at radius 2 is 2.04 bits per heavy atom. The van der Waals surface area contributed by atoms with E-state index in [1.807, 2.05) is 6.26 Å². The summed E-state index contributed by atoms with van der Waals surface area (Å²) in [5, 5.41) is 10.3. The largest absolute Gasteiger partial charge is 0.497 e. The second-order valence-corrected chi connectivity index (χ2v) is 9.74. The van der Waals surface area contributed by atoms with Crippen molar-refractivity contribution in [2.45, 2.75) is 34.5 Å². The Morgan fingerprint density at radius 1 is 1.33 bits per heavy atom. The number of thiophene rings is 1. The van der Waals surface area contributed by atoms with E-state index in [9.17, 15) is 18.3 Å². The summed E-state index contributed by atoms with van der Waals surface area (Å²) in [5.41, 5.74) is 3.90. The minimum Gasteiger partial charge on any atom is -0.497 e. The highest BCUT2D eigenvalue weighted by Crippen LogP contribution is 2.43. The Morgan fingerprint density at radius 3 is 2.67 bits per heavy atom. The summed E-state index contributed by atoms with van der Waals surface area (Å²) in [6.45, 7) is 0. The molecular formula is C17H20N2O5S3. The molecule has 0 aliphatic heterocycles. The zero-order valence-electron chi connectivity index (χ0n) is 14.8. The van der Waals surface area contributed by atoms with Crippen LogP contribution >= 0.6 is 23.1 Å². The van der Waals surface area contributed by atoms with Gasteiger partial charge in [-0.2, -0.15) is 0 Å². The van der Waals surface area contributed by atoms with E-state index in [0.717, 1.165) is 21.8 Å². The summed E-state index contributed by atoms with van der Waals surface area (Å²) >= 11 is 2.76. The molecule has 0 radical (unpaired) electrons. The van der Waals surface area contributed by atoms with Crippen molar-refractivity contribution >= 4 is 39.0 Å². The van der Waals surface area contributed by atoms with Crippen molar-refractivity contribution < 1.29 is 23.1 Å². The SMILES string of the molecule is COc1ccc(S(=O)(=O)NNC(=O)c2sc(SC)c3c2CCC[C@H]3O)cc1. The first kappa shape index (κ1) is 20.2. The molecule has 1 aliphatic rings. The summed E-state index contributed by atoms with van der Waals surface area (Å²) in [5.74, 6) is 0.00842. The number of aliphatic hydroxyl groups excluding tert-OH is 1. The van der Waals surface area contributed by atoms with Gasteiger partial charge in [-0.1, -0.05) is 0 Å². The fraction of sp³-hybridized carbons (Fsp3) is 0.353. The molecule has 146 valence electrons. The molecule has 0 unspecified atom stereocenters. The molecule has 1 aliphatic carbocycles. The molecule has 2 aromatic rings. The van der Waals surface area contributed by atoms with Gasteiger partial charge >= 0.3 is 0 Å². The molecule has 10 heteroatoms. The number of ether oxygens (including phenoxy) is 1. The lowest BCUT2D eigenvalue weighted by Crippen LogP contribution is -2.41. The summed E-state index contributed by atoms with van der Waals surface area (Å²) in [6, 6.07) is 5.83. The van der Waals surface area contributed by atoms with Gasteiger partial charge in [0.2, 0.25) is 0 Å². The predicted molar refractivity (Wildman–Crippen MR) is 105 cm³/mol. The van der Waals surface area contributed by atoms with Crippen LogP contribution in [0.3, 0.4) is 0 Å². The summed E-state index contributed by atoms with van der Waals surface area (Å²) in [6.07, 6.45) is 3.46. The third-order valence-corrected chi connectivity index (χ3v) is 7.96. The van der Waals surface area contributed by atoms with Crippen molar-refractivity contribution in [3.8, 4) is 5.75 Å². The van der Waals surface area contributed by atoms with Gasteiger partial charge in [0.15, 0.2) is 0 Å². The number of aliphatic hydroxyl groups is 1. The van der Waals surface area contributed by atoms with Gasteiger partial charge in [0.1, 0.15) is 5.75 Å². The van der Waals surface area contributed by atoms with Crippen LogP contribution in [0.1, 0.15) is 39.7 Å². The molecule has 1 aromatic heterocycles. The average Bonchev–Trinajstić information content (AvgIpc) is 3.06. The van der Waals surface area contributed by atoms with Gasteiger partial charge in [0, 0.05) is 5.56 Å². The average molecular weight is 429 g/mol. The molecule has 0 saturated heterocycles. The van der Waals surface area contributed by atoms with E-state index in [0.29, 0.717) is 23.5 Å². The van der Waals surface area contributed by atoms with Crippen molar-refractivity contribution in [3.63, 3.8) is 0 Å². The second kappa shape index (κ2) is 8.19. The predicted octanol–water partition coefficient (Wildman–Crippen LogP) is 2.47. The van der Waals surface area contributed by atoms with Gasteiger partial charge in [-0.25, -0.2) is 8.42 Å². The van der Waals surface area contributed by atoms with Crippen LogP contribution in [0.4, 0.5) is 0 Å². The highest BCUT2D eigenvalue weighted by Gasteiger charge is 2.29. The molecule has 1 aromatic carbocycles. The van der Waals surface area contributed by atoms with E-state index in [-0.39, 0.29) is 4.90 Å². The quantitative estimate of drug-likeness (QED) is 0.482. The Hall–Kier alpha value is -1.59. The number of hydrazine groups is 1. The van der Waals surface area contributed by atoms with E-state index >= 15 is 0 Å². The number of fused-ring (bicyclic) bond motifs is 1. The van der Waals surface area contributed by atoms with Gasteiger partial charge in [0.05, 0.1) is 27.2 Å². The third-order valence-electron chi connectivity index (χ3n) is 4.31. The highest BCUT2D eigenvalue weighted by atomic mass is 32.2. The molecule has 1 amide bonds. The number of nitrogens with one attached hydrogen (secondary N) is 2. The molecule has 0 bridgehead atoms. The lowest BCUT2D eigenvalue weighted by Gasteiger charge is -2.19. The first-order chi connectivity index (χ1) is 12.9. The minimum absolute atomic E-state index is 0.0111. The Bertz CT molecular complexity index is 938. The van der Waals surface area contributed by atoms with Crippen LogP contribution in [-0.4, -0.2) is 32.8 Å². The van der Waals surface area contributed by atoms with E-state index in [1.165, 1.54) is 54.5 Å². The minimum atomic E-state index is -3.91. The standard InChI is InChI=1S/C17H20N2O5S3/c1-24-10-6-8-11(9-7-10)27(22,23)19-18-16(21)15-12-4-3-5-13(20)14(12)17(25-2)26-15/h6-9,13,19-20H,3-5H2,1-2H3,(H,18,21)/t13-/m1/s1.